The van der Waals surface area contributed by atoms with Crippen molar-refractivity contribution in [1.29, 1.82) is 0 Å². The van der Waals surface area contributed by atoms with Gasteiger partial charge >= 0.3 is 23.5 Å². The molecule has 2 aromatic heterocycles. The highest BCUT2D eigenvalue weighted by Crippen LogP contribution is 2.50. The number of nitrogen functional groups attached to an aromatic ring is 1. The largest absolute Gasteiger partial charge is 0.470 e. The number of aliphatic hydroxyl groups is 2. The number of imidazole rings is 1. The third-order valence-corrected chi connectivity index (χ3v) is 8.81. The van der Waals surface area contributed by atoms with Gasteiger partial charge in [0.1, 0.15) is 54.6 Å². The van der Waals surface area contributed by atoms with E-state index < -0.39 is 91.9 Å². The lowest BCUT2D eigenvalue weighted by Crippen LogP contribution is -2.62. The summed E-state index contributed by atoms with van der Waals surface area (Å²) in [6.45, 7) is -2.31. The van der Waals surface area contributed by atoms with E-state index in [0.29, 0.717) is 5.56 Å². The van der Waals surface area contributed by atoms with Gasteiger partial charge in [0.05, 0.1) is 26.1 Å². The van der Waals surface area contributed by atoms with Crippen molar-refractivity contribution < 1.29 is 85.8 Å². The van der Waals surface area contributed by atoms with Crippen LogP contribution in [0.2, 0.25) is 0 Å². The van der Waals surface area contributed by atoms with E-state index in [-0.39, 0.29) is 23.6 Å². The molecule has 0 amide bonds. The van der Waals surface area contributed by atoms with Crippen molar-refractivity contribution in [3.05, 3.63) is 48.5 Å². The van der Waals surface area contributed by atoms with Crippen molar-refractivity contribution in [2.45, 2.75) is 61.9 Å². The predicted molar refractivity (Wildman–Crippen MR) is 157 cm³/mol. The number of hydrogen-bond acceptors (Lipinski definition) is 16. The van der Waals surface area contributed by atoms with Crippen molar-refractivity contribution >= 4 is 40.4 Å². The van der Waals surface area contributed by atoms with Crippen molar-refractivity contribution in [2.75, 3.05) is 18.9 Å². The number of anilines is 1. The van der Waals surface area contributed by atoms with Gasteiger partial charge in [-0.05, 0) is 5.56 Å². The van der Waals surface area contributed by atoms with Crippen molar-refractivity contribution in [3.63, 3.8) is 0 Å². The number of nitrogens with two attached hydrogens (primary N) is 1. The van der Waals surface area contributed by atoms with Gasteiger partial charge in [0, 0.05) is 0 Å². The van der Waals surface area contributed by atoms with E-state index in [9.17, 15) is 53.3 Å². The molecule has 3 aromatic rings. The molecule has 10 N–H and O–H groups in total. The highest BCUT2D eigenvalue weighted by atomic mass is 31.2. The summed E-state index contributed by atoms with van der Waals surface area (Å²) < 4.78 is 75.6. The van der Waals surface area contributed by atoms with Gasteiger partial charge in [-0.1, -0.05) is 30.3 Å². The number of nitrogens with zero attached hydrogens (tertiary/aromatic N) is 4. The maximum Gasteiger partial charge on any atom is 0.470 e. The summed E-state index contributed by atoms with van der Waals surface area (Å²) in [5.74, 6) is -0.0482. The molecule has 9 atom stereocenters. The van der Waals surface area contributed by atoms with Gasteiger partial charge in [0.15, 0.2) is 24.0 Å². The zero-order valence-electron chi connectivity index (χ0n) is 24.7. The number of fused-ring (bicyclic) bond motifs is 1. The molecule has 26 heteroatoms. The van der Waals surface area contributed by atoms with E-state index in [1.165, 1.54) is 4.57 Å². The summed E-state index contributed by atoms with van der Waals surface area (Å²) in [6, 6.07) is 8.17. The number of ether oxygens (including phenoxy) is 4. The molecule has 272 valence electrons. The van der Waals surface area contributed by atoms with Gasteiger partial charge in [-0.2, -0.15) is 0 Å². The first kappa shape index (κ1) is 37.9. The number of rotatable bonds is 14. The van der Waals surface area contributed by atoms with Crippen LogP contribution in [-0.4, -0.2) is 121 Å². The highest BCUT2D eigenvalue weighted by Gasteiger charge is 2.57. The van der Waals surface area contributed by atoms with E-state index >= 15 is 0 Å². The zero-order valence-corrected chi connectivity index (χ0v) is 27.4. The van der Waals surface area contributed by atoms with Crippen LogP contribution < -0.4 is 5.73 Å². The van der Waals surface area contributed by atoms with Gasteiger partial charge in [0.2, 0.25) is 0 Å². The molecule has 1 aromatic carbocycles. The van der Waals surface area contributed by atoms with Crippen molar-refractivity contribution in [1.82, 2.24) is 19.5 Å². The predicted octanol–water partition coefficient (Wildman–Crippen LogP) is -1.58. The molecule has 0 radical (unpaired) electrons. The monoisotopic (exact) mass is 759 g/mol. The number of hydrogen-bond donors (Lipinski definition) is 9. The molecule has 2 fully saturated rings. The van der Waals surface area contributed by atoms with Gasteiger partial charge in [-0.15, -0.1) is 0 Å². The maximum atomic E-state index is 12.2. The van der Waals surface area contributed by atoms with Gasteiger partial charge in [0.25, 0.3) is 0 Å². The molecular weight excluding hydrogens is 727 g/mol. The standard InChI is InChI=1S/C23H32N5O18P3/c24-20-14-21(26-9-25-20)28(10-27-14)22-18(46-49(37,38)39)15(12(6-29)41-22)43-23-19(40-8-11-4-2-1-3-5-11)17(45-48(34,35)36)16(13(7-30)42-23)44-47(31,32)33/h1-5,9-10,12-13,15-19,22-23,29-30H,6-8H2,(H2,24,25,26)(H2,31,32,33)(H2,34,35,36)(H2,37,38,39)/t12-,13-,15-,16-,17+,18-,19-,22-,23-/m1/s1. The van der Waals surface area contributed by atoms with Crippen molar-refractivity contribution in [2.24, 2.45) is 0 Å². The second-order valence-electron chi connectivity index (χ2n) is 10.6. The van der Waals surface area contributed by atoms with E-state index in [2.05, 4.69) is 15.0 Å². The van der Waals surface area contributed by atoms with Crippen LogP contribution in [0.5, 0.6) is 0 Å². The molecule has 0 spiro atoms. The number of benzene rings is 1. The fraction of sp³-hybridized carbons (Fsp3) is 0.522. The third-order valence-electron chi connectivity index (χ3n) is 7.25. The molecule has 2 aliphatic heterocycles. The lowest BCUT2D eigenvalue weighted by Gasteiger charge is -2.46. The molecule has 4 heterocycles. The minimum absolute atomic E-state index is 0.0278. The summed E-state index contributed by atoms with van der Waals surface area (Å²) in [4.78, 5) is 70.4. The SMILES string of the molecule is Nc1ncnc2c1ncn2[C@@H]1O[C@H](CO)[C@@H](O[C@H]2O[C@H](CO)[C@@H](OP(=O)(O)O)[C@H](OP(=O)(O)O)[C@H]2OCc2ccccc2)[C@H]1OP(=O)(O)O. The van der Waals surface area contributed by atoms with Gasteiger partial charge in [-0.25, -0.2) is 28.6 Å². The van der Waals surface area contributed by atoms with Crippen LogP contribution in [0.4, 0.5) is 5.82 Å². The number of phosphoric ester groups is 3. The first-order valence-corrected chi connectivity index (χ1v) is 18.6. The topological polar surface area (TPSA) is 347 Å². The second kappa shape index (κ2) is 15.1. The van der Waals surface area contributed by atoms with Crippen LogP contribution in [0.25, 0.3) is 11.2 Å². The van der Waals surface area contributed by atoms with E-state index in [1.807, 2.05) is 0 Å². The van der Waals surface area contributed by atoms with Crippen LogP contribution in [-0.2, 0) is 52.8 Å². The fourth-order valence-electron chi connectivity index (χ4n) is 5.37. The first-order valence-electron chi connectivity index (χ1n) is 14.0. The average molecular weight is 759 g/mol. The Bertz CT molecular complexity index is 1720. The number of aliphatic hydroxyl groups excluding tert-OH is 2. The van der Waals surface area contributed by atoms with E-state index in [1.54, 1.807) is 30.3 Å². The fourth-order valence-corrected chi connectivity index (χ4v) is 7.04. The zero-order chi connectivity index (χ0) is 35.7. The van der Waals surface area contributed by atoms with Gasteiger partial charge in [-0.3, -0.25) is 18.1 Å². The van der Waals surface area contributed by atoms with Crippen LogP contribution in [0.15, 0.2) is 43.0 Å². The molecule has 0 saturated carbocycles. The molecule has 0 unspecified atom stereocenters. The summed E-state index contributed by atoms with van der Waals surface area (Å²) in [6.07, 6.45) is -14.2. The molecular formula is C23H32N5O18P3. The minimum Gasteiger partial charge on any atom is -0.394 e. The molecule has 23 nitrogen and oxygen atoms in total. The number of phosphoric acid groups is 3. The average Bonchev–Trinajstić information content (AvgIpc) is 3.58. The second-order valence-corrected chi connectivity index (χ2v) is 14.2. The Labute approximate surface area is 275 Å². The first-order chi connectivity index (χ1) is 23.0. The Kier molecular flexibility index (Phi) is 11.7. The van der Waals surface area contributed by atoms with Crippen LogP contribution in [0, 0.1) is 0 Å². The summed E-state index contributed by atoms with van der Waals surface area (Å²) >= 11 is 0. The van der Waals surface area contributed by atoms with E-state index in [4.69, 9.17) is 38.3 Å². The maximum absolute atomic E-state index is 12.2. The summed E-state index contributed by atoms with van der Waals surface area (Å²) in [7, 11) is -16.4. The van der Waals surface area contributed by atoms with E-state index in [0.717, 1.165) is 12.7 Å². The molecule has 5 rings (SSSR count). The normalized spacial score (nSPS) is 29.8. The van der Waals surface area contributed by atoms with Gasteiger partial charge < -0.3 is 64.3 Å². The molecule has 2 saturated heterocycles. The Morgan fingerprint density at radius 1 is 0.755 bits per heavy atom. The molecule has 49 heavy (non-hydrogen) atoms. The number of aromatic nitrogens is 4. The highest BCUT2D eigenvalue weighted by molar-refractivity contribution is 7.46. The van der Waals surface area contributed by atoms with Crippen molar-refractivity contribution in [3.8, 4) is 0 Å². The molecule has 2 aliphatic rings. The molecule has 0 aliphatic carbocycles. The lowest BCUT2D eigenvalue weighted by molar-refractivity contribution is -0.322. The third kappa shape index (κ3) is 9.32. The smallest absolute Gasteiger partial charge is 0.394 e. The molecule has 0 bridgehead atoms. The summed E-state index contributed by atoms with van der Waals surface area (Å²) in [5, 5.41) is 20.4. The van der Waals surface area contributed by atoms with Crippen LogP contribution in [0.3, 0.4) is 0 Å². The Hall–Kier alpha value is -2.34. The lowest BCUT2D eigenvalue weighted by atomic mass is 9.98. The Morgan fingerprint density at radius 2 is 1.35 bits per heavy atom. The summed E-state index contributed by atoms with van der Waals surface area (Å²) in [5.41, 5.74) is 6.46. The quantitative estimate of drug-likeness (QED) is 0.0837. The Balaban J connectivity index is 1.56. The van der Waals surface area contributed by atoms with Crippen LogP contribution in [0.1, 0.15) is 11.8 Å². The minimum atomic E-state index is -5.53. The Morgan fingerprint density at radius 3 is 1.96 bits per heavy atom. The van der Waals surface area contributed by atoms with Crippen LogP contribution >= 0.6 is 23.5 Å².